The first-order valence-corrected chi connectivity index (χ1v) is 10.1. The van der Waals surface area contributed by atoms with E-state index in [4.69, 9.17) is 16.5 Å². The van der Waals surface area contributed by atoms with Gasteiger partial charge in [0.05, 0.1) is 11.7 Å². The Morgan fingerprint density at radius 1 is 1.20 bits per heavy atom. The summed E-state index contributed by atoms with van der Waals surface area (Å²) >= 11 is 0. The van der Waals surface area contributed by atoms with E-state index in [1.807, 2.05) is 18.2 Å². The van der Waals surface area contributed by atoms with Gasteiger partial charge in [-0.25, -0.2) is 9.97 Å². The Kier molecular flexibility index (Phi) is 5.35. The summed E-state index contributed by atoms with van der Waals surface area (Å²) < 4.78 is 1.55. The minimum atomic E-state index is -0.585. The number of amides is 2. The molecule has 9 heteroatoms. The molecule has 156 valence electrons. The van der Waals surface area contributed by atoms with E-state index in [1.54, 1.807) is 16.9 Å². The van der Waals surface area contributed by atoms with Crippen LogP contribution >= 0.6 is 0 Å². The zero-order valence-electron chi connectivity index (χ0n) is 16.9. The Labute approximate surface area is 174 Å². The van der Waals surface area contributed by atoms with E-state index in [0.29, 0.717) is 17.6 Å². The highest BCUT2D eigenvalue weighted by Crippen LogP contribution is 2.32. The van der Waals surface area contributed by atoms with E-state index >= 15 is 0 Å². The number of fused-ring (bicyclic) bond motifs is 1. The van der Waals surface area contributed by atoms with Gasteiger partial charge in [0.1, 0.15) is 18.1 Å². The molecule has 3 aromatic rings. The van der Waals surface area contributed by atoms with E-state index in [0.717, 1.165) is 36.0 Å². The molecule has 0 bridgehead atoms. The Morgan fingerprint density at radius 2 is 2.00 bits per heavy atom. The quantitative estimate of drug-likeness (QED) is 0.555. The van der Waals surface area contributed by atoms with Gasteiger partial charge in [-0.1, -0.05) is 6.92 Å². The van der Waals surface area contributed by atoms with Crippen LogP contribution in [0.25, 0.3) is 22.3 Å². The average Bonchev–Trinajstić information content (AvgIpc) is 3.46. The lowest BCUT2D eigenvalue weighted by Gasteiger charge is -2.24. The van der Waals surface area contributed by atoms with Gasteiger partial charge in [0.15, 0.2) is 5.82 Å². The molecule has 0 radical (unpaired) electrons. The molecule has 1 aliphatic rings. The molecule has 2 heterocycles. The number of benzene rings is 1. The molecule has 4 N–H and O–H groups in total. The van der Waals surface area contributed by atoms with Crippen molar-refractivity contribution in [1.82, 2.24) is 19.7 Å². The molecule has 30 heavy (non-hydrogen) atoms. The lowest BCUT2D eigenvalue weighted by Crippen LogP contribution is -2.28. The number of hydrogen-bond acceptors (Lipinski definition) is 6. The lowest BCUT2D eigenvalue weighted by molar-refractivity contribution is -0.118. The molecule has 4 rings (SSSR count). The maximum absolute atomic E-state index is 11.9. The number of primary amides is 2. The zero-order valence-corrected chi connectivity index (χ0v) is 16.9. The van der Waals surface area contributed by atoms with Gasteiger partial charge < -0.3 is 16.4 Å². The van der Waals surface area contributed by atoms with Crippen molar-refractivity contribution in [2.24, 2.45) is 17.4 Å². The van der Waals surface area contributed by atoms with Crippen LogP contribution in [-0.2, 0) is 11.3 Å². The monoisotopic (exact) mass is 407 g/mol. The molecule has 1 aliphatic carbocycles. The van der Waals surface area contributed by atoms with Crippen molar-refractivity contribution in [2.75, 3.05) is 18.0 Å². The summed E-state index contributed by atoms with van der Waals surface area (Å²) in [5.74, 6) is 0.783. The van der Waals surface area contributed by atoms with E-state index in [-0.39, 0.29) is 12.2 Å². The number of hydrogen-bond donors (Lipinski definition) is 2. The molecule has 2 aromatic heterocycles. The third kappa shape index (κ3) is 4.24. The lowest BCUT2D eigenvalue weighted by atomic mass is 10.1. The minimum absolute atomic E-state index is 0.00774. The molecule has 1 saturated carbocycles. The summed E-state index contributed by atoms with van der Waals surface area (Å²) in [4.78, 5) is 34.5. The predicted octanol–water partition coefficient (Wildman–Crippen LogP) is 1.70. The topological polar surface area (TPSA) is 133 Å². The van der Waals surface area contributed by atoms with E-state index in [1.165, 1.54) is 12.8 Å². The van der Waals surface area contributed by atoms with Gasteiger partial charge in [0.2, 0.25) is 5.91 Å². The maximum atomic E-state index is 11.9. The van der Waals surface area contributed by atoms with E-state index < -0.39 is 11.8 Å². The molecule has 0 spiro atoms. The standard InChI is InChI=1S/C21H25N7O2/c1-2-7-27(11-13-3-4-13)19-9-16(20(23)30)25-21(26-19)14-5-6-17-15(8-14)10-24-28(17)12-18(22)29/h5-6,8-10,13H,2-4,7,11-12H2,1H3,(H2,22,29)(H2,23,30). The first kappa shape index (κ1) is 19.8. The number of nitrogens with zero attached hydrogens (tertiary/aromatic N) is 5. The van der Waals surface area contributed by atoms with Crippen LogP contribution in [0.2, 0.25) is 0 Å². The molecular formula is C21H25N7O2. The highest BCUT2D eigenvalue weighted by Gasteiger charge is 2.25. The third-order valence-corrected chi connectivity index (χ3v) is 5.16. The van der Waals surface area contributed by atoms with Gasteiger partial charge in [-0.05, 0) is 43.4 Å². The Bertz CT molecular complexity index is 1100. The van der Waals surface area contributed by atoms with Crippen molar-refractivity contribution < 1.29 is 9.59 Å². The fourth-order valence-corrected chi connectivity index (χ4v) is 3.53. The highest BCUT2D eigenvalue weighted by atomic mass is 16.1. The second-order valence-corrected chi connectivity index (χ2v) is 7.73. The van der Waals surface area contributed by atoms with E-state index in [9.17, 15) is 9.59 Å². The third-order valence-electron chi connectivity index (χ3n) is 5.16. The molecular weight excluding hydrogens is 382 g/mol. The van der Waals surface area contributed by atoms with Crippen molar-refractivity contribution in [3.63, 3.8) is 0 Å². The van der Waals surface area contributed by atoms with Crippen molar-refractivity contribution >= 4 is 28.5 Å². The van der Waals surface area contributed by atoms with Crippen molar-refractivity contribution in [2.45, 2.75) is 32.7 Å². The fourth-order valence-electron chi connectivity index (χ4n) is 3.53. The highest BCUT2D eigenvalue weighted by molar-refractivity contribution is 5.92. The van der Waals surface area contributed by atoms with Crippen LogP contribution in [-0.4, -0.2) is 44.7 Å². The zero-order chi connectivity index (χ0) is 21.3. The number of aromatic nitrogens is 4. The van der Waals surface area contributed by atoms with Crippen LogP contribution in [0.15, 0.2) is 30.5 Å². The Hall–Kier alpha value is -3.49. The second kappa shape index (κ2) is 8.10. The van der Waals surface area contributed by atoms with Crippen LogP contribution in [0.3, 0.4) is 0 Å². The van der Waals surface area contributed by atoms with Gasteiger partial charge in [-0.3, -0.25) is 14.3 Å². The second-order valence-electron chi connectivity index (χ2n) is 7.73. The smallest absolute Gasteiger partial charge is 0.267 e. The number of carbonyl (C=O) groups is 2. The van der Waals surface area contributed by atoms with Gasteiger partial charge in [0.25, 0.3) is 5.91 Å². The first-order chi connectivity index (χ1) is 14.4. The first-order valence-electron chi connectivity index (χ1n) is 10.1. The molecule has 1 fully saturated rings. The summed E-state index contributed by atoms with van der Waals surface area (Å²) in [6.07, 6.45) is 5.10. The van der Waals surface area contributed by atoms with Gasteiger partial charge >= 0.3 is 0 Å². The van der Waals surface area contributed by atoms with Gasteiger partial charge in [-0.2, -0.15) is 5.10 Å². The molecule has 9 nitrogen and oxygen atoms in total. The maximum Gasteiger partial charge on any atom is 0.267 e. The Balaban J connectivity index is 1.74. The van der Waals surface area contributed by atoms with Crippen molar-refractivity contribution in [3.05, 3.63) is 36.2 Å². The van der Waals surface area contributed by atoms with Crippen LogP contribution in [0, 0.1) is 5.92 Å². The Morgan fingerprint density at radius 3 is 2.67 bits per heavy atom. The molecule has 0 atom stereocenters. The summed E-state index contributed by atoms with van der Waals surface area (Å²) in [7, 11) is 0. The molecule has 0 saturated heterocycles. The largest absolute Gasteiger partial charge is 0.368 e. The van der Waals surface area contributed by atoms with Crippen LogP contribution < -0.4 is 16.4 Å². The number of rotatable bonds is 9. The van der Waals surface area contributed by atoms with Gasteiger partial charge in [-0.15, -0.1) is 0 Å². The SMILES string of the molecule is CCCN(CC1CC1)c1cc(C(N)=O)nc(-c2ccc3c(cnn3CC(N)=O)c2)n1. The van der Waals surface area contributed by atoms with Crippen LogP contribution in [0.4, 0.5) is 5.82 Å². The van der Waals surface area contributed by atoms with Gasteiger partial charge in [0, 0.05) is 30.1 Å². The van der Waals surface area contributed by atoms with Crippen molar-refractivity contribution in [3.8, 4) is 11.4 Å². The fraction of sp³-hybridized carbons (Fsp3) is 0.381. The average molecular weight is 407 g/mol. The summed E-state index contributed by atoms with van der Waals surface area (Å²) in [6.45, 7) is 3.90. The summed E-state index contributed by atoms with van der Waals surface area (Å²) in [5.41, 5.74) is 12.6. The molecule has 0 aliphatic heterocycles. The molecule has 1 aromatic carbocycles. The predicted molar refractivity (Wildman–Crippen MR) is 114 cm³/mol. The van der Waals surface area contributed by atoms with E-state index in [2.05, 4.69) is 21.9 Å². The molecule has 2 amide bonds. The summed E-state index contributed by atoms with van der Waals surface area (Å²) in [6, 6.07) is 7.24. The number of anilines is 1. The number of nitrogens with two attached hydrogens (primary N) is 2. The number of carbonyl (C=O) groups excluding carboxylic acids is 2. The van der Waals surface area contributed by atoms with Crippen LogP contribution in [0.1, 0.15) is 36.7 Å². The minimum Gasteiger partial charge on any atom is -0.368 e. The normalized spacial score (nSPS) is 13.5. The van der Waals surface area contributed by atoms with Crippen LogP contribution in [0.5, 0.6) is 0 Å². The molecule has 0 unspecified atom stereocenters. The summed E-state index contributed by atoms with van der Waals surface area (Å²) in [5, 5.41) is 5.04. The van der Waals surface area contributed by atoms with Crippen molar-refractivity contribution in [1.29, 1.82) is 0 Å².